The lowest BCUT2D eigenvalue weighted by Crippen LogP contribution is -2.43. The second-order valence-corrected chi connectivity index (χ2v) is 5.28. The van der Waals surface area contributed by atoms with Gasteiger partial charge in [0, 0.05) is 24.2 Å². The predicted molar refractivity (Wildman–Crippen MR) is 75.6 cm³/mol. The van der Waals surface area contributed by atoms with Crippen LogP contribution in [0, 0.1) is 11.7 Å². The van der Waals surface area contributed by atoms with Crippen LogP contribution < -0.4 is 10.6 Å². The van der Waals surface area contributed by atoms with Crippen LogP contribution in [0.4, 0.5) is 4.39 Å². The van der Waals surface area contributed by atoms with Crippen molar-refractivity contribution in [3.63, 3.8) is 0 Å². The van der Waals surface area contributed by atoms with Gasteiger partial charge in [0.1, 0.15) is 5.82 Å². The molecule has 0 bridgehead atoms. The Kier molecular flexibility index (Phi) is 6.25. The molecule has 0 aliphatic rings. The molecule has 1 atom stereocenters. The van der Waals surface area contributed by atoms with Gasteiger partial charge in [0.15, 0.2) is 0 Å². The number of hydrogen-bond donors (Lipinski definition) is 2. The van der Waals surface area contributed by atoms with Crippen molar-refractivity contribution in [2.24, 2.45) is 5.92 Å². The van der Waals surface area contributed by atoms with E-state index in [0.29, 0.717) is 22.9 Å². The van der Waals surface area contributed by atoms with Gasteiger partial charge in [-0.25, -0.2) is 4.39 Å². The van der Waals surface area contributed by atoms with Gasteiger partial charge in [0.2, 0.25) is 5.91 Å². The van der Waals surface area contributed by atoms with Crippen molar-refractivity contribution in [2.75, 3.05) is 7.05 Å². The summed E-state index contributed by atoms with van der Waals surface area (Å²) in [5.74, 6) is -0.0905. The molecule has 0 saturated carbocycles. The topological polar surface area (TPSA) is 41.1 Å². The molecule has 0 aliphatic heterocycles. The third kappa shape index (κ3) is 4.80. The number of hydrogen-bond acceptors (Lipinski definition) is 2. The number of nitrogens with one attached hydrogen (secondary N) is 2. The first-order valence-corrected chi connectivity index (χ1v) is 6.71. The van der Waals surface area contributed by atoms with Crippen LogP contribution in [-0.2, 0) is 11.3 Å². The van der Waals surface area contributed by atoms with E-state index in [-0.39, 0.29) is 24.3 Å². The van der Waals surface area contributed by atoms with Gasteiger partial charge >= 0.3 is 0 Å². The van der Waals surface area contributed by atoms with Crippen LogP contribution in [-0.4, -0.2) is 19.0 Å². The van der Waals surface area contributed by atoms with E-state index in [1.165, 1.54) is 6.07 Å². The second-order valence-electron chi connectivity index (χ2n) is 4.88. The highest BCUT2D eigenvalue weighted by atomic mass is 35.5. The molecular formula is C14H20ClFN2O. The highest BCUT2D eigenvalue weighted by Gasteiger charge is 2.19. The molecule has 106 valence electrons. The monoisotopic (exact) mass is 286 g/mol. The van der Waals surface area contributed by atoms with Crippen LogP contribution in [0.3, 0.4) is 0 Å². The third-order valence-corrected chi connectivity index (χ3v) is 3.21. The molecule has 0 saturated heterocycles. The summed E-state index contributed by atoms with van der Waals surface area (Å²) in [6.07, 6.45) is 0.686. The van der Waals surface area contributed by atoms with Gasteiger partial charge < -0.3 is 10.6 Å². The summed E-state index contributed by atoms with van der Waals surface area (Å²) >= 11 is 5.95. The molecule has 0 spiro atoms. The maximum absolute atomic E-state index is 13.6. The van der Waals surface area contributed by atoms with Crippen molar-refractivity contribution in [1.82, 2.24) is 10.6 Å². The van der Waals surface area contributed by atoms with E-state index in [1.807, 2.05) is 13.8 Å². The highest BCUT2D eigenvalue weighted by molar-refractivity contribution is 6.31. The average Bonchev–Trinajstić information content (AvgIpc) is 2.35. The molecular weight excluding hydrogens is 267 g/mol. The molecule has 1 unspecified atom stereocenters. The van der Waals surface area contributed by atoms with Crippen molar-refractivity contribution in [2.45, 2.75) is 32.9 Å². The van der Waals surface area contributed by atoms with Crippen LogP contribution in [0.25, 0.3) is 0 Å². The lowest BCUT2D eigenvalue weighted by Gasteiger charge is -2.19. The normalized spacial score (nSPS) is 12.5. The minimum atomic E-state index is -0.361. The number of amides is 1. The van der Waals surface area contributed by atoms with E-state index in [2.05, 4.69) is 10.6 Å². The quantitative estimate of drug-likeness (QED) is 0.844. The van der Waals surface area contributed by atoms with Crippen LogP contribution in [0.1, 0.15) is 25.8 Å². The summed E-state index contributed by atoms with van der Waals surface area (Å²) in [5, 5.41) is 6.04. The zero-order chi connectivity index (χ0) is 14.4. The first-order valence-electron chi connectivity index (χ1n) is 6.33. The van der Waals surface area contributed by atoms with Crippen molar-refractivity contribution >= 4 is 17.5 Å². The largest absolute Gasteiger partial charge is 0.358 e. The standard InChI is InChI=1S/C14H20ClFN2O/c1-9(2)7-13(14(19)17-3)18-8-10-11(15)5-4-6-12(10)16/h4-6,9,13,18H,7-8H2,1-3H3,(H,17,19). The van der Waals surface area contributed by atoms with Gasteiger partial charge in [-0.1, -0.05) is 31.5 Å². The van der Waals surface area contributed by atoms with Crippen molar-refractivity contribution in [1.29, 1.82) is 0 Å². The molecule has 3 nitrogen and oxygen atoms in total. The summed E-state index contributed by atoms with van der Waals surface area (Å²) in [4.78, 5) is 11.7. The lowest BCUT2D eigenvalue weighted by atomic mass is 10.0. The third-order valence-electron chi connectivity index (χ3n) is 2.86. The number of benzene rings is 1. The van der Waals surface area contributed by atoms with Gasteiger partial charge in [-0.15, -0.1) is 0 Å². The Bertz CT molecular complexity index is 417. The van der Waals surface area contributed by atoms with E-state index in [9.17, 15) is 9.18 Å². The molecule has 0 fully saturated rings. The van der Waals surface area contributed by atoms with E-state index >= 15 is 0 Å². The first-order chi connectivity index (χ1) is 8.95. The minimum absolute atomic E-state index is 0.0961. The minimum Gasteiger partial charge on any atom is -0.358 e. The number of carbonyl (C=O) groups is 1. The van der Waals surface area contributed by atoms with Gasteiger partial charge in [0.25, 0.3) is 0 Å². The zero-order valence-corrected chi connectivity index (χ0v) is 12.2. The smallest absolute Gasteiger partial charge is 0.236 e. The molecule has 1 amide bonds. The highest BCUT2D eigenvalue weighted by Crippen LogP contribution is 2.19. The average molecular weight is 287 g/mol. The fourth-order valence-corrected chi connectivity index (χ4v) is 2.09. The Morgan fingerprint density at radius 2 is 2.11 bits per heavy atom. The number of carbonyl (C=O) groups excluding carboxylic acids is 1. The summed E-state index contributed by atoms with van der Waals surface area (Å²) in [7, 11) is 1.59. The van der Waals surface area contributed by atoms with Gasteiger partial charge in [0.05, 0.1) is 6.04 Å². The maximum atomic E-state index is 13.6. The predicted octanol–water partition coefficient (Wildman–Crippen LogP) is 2.73. The van der Waals surface area contributed by atoms with E-state index in [0.717, 1.165) is 0 Å². The molecule has 1 aromatic rings. The molecule has 0 radical (unpaired) electrons. The van der Waals surface area contributed by atoms with Gasteiger partial charge in [-0.05, 0) is 24.5 Å². The van der Waals surface area contributed by atoms with Gasteiger partial charge in [-0.2, -0.15) is 0 Å². The molecule has 0 heterocycles. The van der Waals surface area contributed by atoms with Crippen LogP contribution in [0.5, 0.6) is 0 Å². The molecule has 2 N–H and O–H groups in total. The summed E-state index contributed by atoms with van der Waals surface area (Å²) < 4.78 is 13.6. The Morgan fingerprint density at radius 3 is 2.63 bits per heavy atom. The Morgan fingerprint density at radius 1 is 1.42 bits per heavy atom. The summed E-state index contributed by atoms with van der Waals surface area (Å²) in [6.45, 7) is 4.30. The number of rotatable bonds is 6. The Hall–Kier alpha value is -1.13. The van der Waals surface area contributed by atoms with E-state index in [1.54, 1.807) is 19.2 Å². The molecule has 5 heteroatoms. The van der Waals surface area contributed by atoms with Crippen LogP contribution >= 0.6 is 11.6 Å². The summed E-state index contributed by atoms with van der Waals surface area (Å²) in [5.41, 5.74) is 0.391. The van der Waals surface area contributed by atoms with Crippen molar-refractivity contribution < 1.29 is 9.18 Å². The maximum Gasteiger partial charge on any atom is 0.236 e. The summed E-state index contributed by atoms with van der Waals surface area (Å²) in [6, 6.07) is 4.21. The van der Waals surface area contributed by atoms with Gasteiger partial charge in [-0.3, -0.25) is 4.79 Å². The second kappa shape index (κ2) is 7.46. The Labute approximate surface area is 118 Å². The Balaban J connectivity index is 2.73. The lowest BCUT2D eigenvalue weighted by molar-refractivity contribution is -0.123. The van der Waals surface area contributed by atoms with E-state index < -0.39 is 0 Å². The molecule has 1 aromatic carbocycles. The fraction of sp³-hybridized carbons (Fsp3) is 0.500. The molecule has 1 rings (SSSR count). The first kappa shape index (κ1) is 15.9. The number of likely N-dealkylation sites (N-methyl/N-ethyl adjacent to an activating group) is 1. The SMILES string of the molecule is CNC(=O)C(CC(C)C)NCc1c(F)cccc1Cl. The van der Waals surface area contributed by atoms with Crippen LogP contribution in [0.15, 0.2) is 18.2 Å². The van der Waals surface area contributed by atoms with Crippen molar-refractivity contribution in [3.8, 4) is 0 Å². The fourth-order valence-electron chi connectivity index (χ4n) is 1.86. The van der Waals surface area contributed by atoms with Crippen LogP contribution in [0.2, 0.25) is 5.02 Å². The zero-order valence-electron chi connectivity index (χ0n) is 11.5. The van der Waals surface area contributed by atoms with E-state index in [4.69, 9.17) is 11.6 Å². The molecule has 19 heavy (non-hydrogen) atoms. The molecule has 0 aliphatic carbocycles. The number of halogens is 2. The van der Waals surface area contributed by atoms with Crippen molar-refractivity contribution in [3.05, 3.63) is 34.6 Å². The molecule has 0 aromatic heterocycles.